The number of halogens is 1. The Hall–Kier alpha value is -3.85. The van der Waals surface area contributed by atoms with Gasteiger partial charge in [-0.1, -0.05) is 122 Å². The minimum atomic E-state index is 0.296. The number of hydrogen-bond donors (Lipinski definition) is 0. The Morgan fingerprint density at radius 3 is 2.02 bits per heavy atom. The fourth-order valence-corrected chi connectivity index (χ4v) is 3.99. The molecule has 0 spiro atoms. The van der Waals surface area contributed by atoms with Crippen molar-refractivity contribution in [3.63, 3.8) is 0 Å². The molecule has 2 aromatic rings. The summed E-state index contributed by atoms with van der Waals surface area (Å²) < 4.78 is 0. The van der Waals surface area contributed by atoms with Gasteiger partial charge in [-0.2, -0.15) is 0 Å². The Labute approximate surface area is 267 Å². The van der Waals surface area contributed by atoms with Crippen molar-refractivity contribution >= 4 is 29.5 Å². The number of rotatable bonds is 8. The first-order valence-corrected chi connectivity index (χ1v) is 15.5. The number of terminal acetylenes is 1. The van der Waals surface area contributed by atoms with E-state index in [9.17, 15) is 0 Å². The summed E-state index contributed by atoms with van der Waals surface area (Å²) in [5, 5.41) is 3.70. The zero-order valence-corrected chi connectivity index (χ0v) is 27.8. The van der Waals surface area contributed by atoms with Gasteiger partial charge in [0.15, 0.2) is 0 Å². The highest BCUT2D eigenvalue weighted by molar-refractivity contribution is 6.25. The number of hydrazine groups is 1. The molecule has 0 aliphatic carbocycles. The summed E-state index contributed by atoms with van der Waals surface area (Å²) in [6.45, 7) is 8.48. The first-order valence-electron chi connectivity index (χ1n) is 15.0. The van der Waals surface area contributed by atoms with Crippen LogP contribution in [0.2, 0.25) is 0 Å². The van der Waals surface area contributed by atoms with Gasteiger partial charge in [-0.15, -0.1) is 6.42 Å². The highest BCUT2D eigenvalue weighted by Crippen LogP contribution is 2.18. The minimum Gasteiger partial charge on any atom is -0.372 e. The first-order chi connectivity index (χ1) is 21.1. The molecule has 43 heavy (non-hydrogen) atoms. The lowest BCUT2D eigenvalue weighted by molar-refractivity contribution is 0.168. The predicted octanol–water partition coefficient (Wildman–Crippen LogP) is 9.25. The van der Waals surface area contributed by atoms with E-state index in [-0.39, 0.29) is 0 Å². The third kappa shape index (κ3) is 19.8. The summed E-state index contributed by atoms with van der Waals surface area (Å²) in [5.41, 5.74) is 2.87. The zero-order chi connectivity index (χ0) is 32.0. The molecule has 232 valence electrons. The van der Waals surface area contributed by atoms with E-state index in [0.29, 0.717) is 11.9 Å². The smallest absolute Gasteiger partial charge is 0.240 e. The molecule has 0 radical (unpaired) electrons. The van der Waals surface area contributed by atoms with Crippen LogP contribution < -0.4 is 4.90 Å². The van der Waals surface area contributed by atoms with E-state index in [0.717, 1.165) is 6.42 Å². The van der Waals surface area contributed by atoms with Crippen molar-refractivity contribution < 1.29 is 0 Å². The van der Waals surface area contributed by atoms with Gasteiger partial charge in [0.1, 0.15) is 0 Å². The molecule has 6 heteroatoms. The molecular formula is C37H52ClN5. The molecule has 1 heterocycles. The lowest BCUT2D eigenvalue weighted by Gasteiger charge is -2.28. The third-order valence-corrected chi connectivity index (χ3v) is 6.02. The molecule has 0 aromatic heterocycles. The summed E-state index contributed by atoms with van der Waals surface area (Å²) in [4.78, 5) is 10.8. The number of anilines is 1. The van der Waals surface area contributed by atoms with Crippen molar-refractivity contribution in [3.05, 3.63) is 115 Å². The van der Waals surface area contributed by atoms with Gasteiger partial charge in [-0.05, 0) is 50.7 Å². The Balaban J connectivity index is 0.000000716. The van der Waals surface area contributed by atoms with Crippen LogP contribution in [0.25, 0.3) is 0 Å². The van der Waals surface area contributed by atoms with Crippen molar-refractivity contribution in [2.75, 3.05) is 39.1 Å². The Bertz CT molecular complexity index is 1100. The maximum atomic E-state index is 5.52. The van der Waals surface area contributed by atoms with Gasteiger partial charge >= 0.3 is 0 Å². The Morgan fingerprint density at radius 2 is 1.53 bits per heavy atom. The second-order valence-electron chi connectivity index (χ2n) is 9.19. The van der Waals surface area contributed by atoms with E-state index in [4.69, 9.17) is 18.0 Å². The number of nitrogens with zero attached hydrogens (tertiary/aromatic N) is 5. The van der Waals surface area contributed by atoms with Gasteiger partial charge in [-0.25, -0.2) is 15.0 Å². The maximum absolute atomic E-state index is 5.52. The van der Waals surface area contributed by atoms with Crippen molar-refractivity contribution in [1.82, 2.24) is 10.0 Å². The SMILES string of the molecule is C#C/C=N\C(=NC)N(/C=C\CC(C=C/C=C/Cl)/C=C\C)N(C)C.CC.c1ccc(N2CCCCC2)cc1.c1ccccc1. The molecule has 0 bridgehead atoms. The van der Waals surface area contributed by atoms with E-state index in [1.807, 2.05) is 99.6 Å². The van der Waals surface area contributed by atoms with E-state index in [2.05, 4.69) is 69.4 Å². The molecule has 1 aliphatic heterocycles. The highest BCUT2D eigenvalue weighted by Gasteiger charge is 2.10. The fourth-order valence-electron chi connectivity index (χ4n) is 3.90. The molecule has 1 unspecified atom stereocenters. The summed E-state index contributed by atoms with van der Waals surface area (Å²) >= 11 is 5.52. The quantitative estimate of drug-likeness (QED) is 0.0755. The molecule has 3 rings (SSSR count). The van der Waals surface area contributed by atoms with Crippen molar-refractivity contribution in [1.29, 1.82) is 0 Å². The summed E-state index contributed by atoms with van der Waals surface area (Å²) in [6, 6.07) is 22.7. The largest absolute Gasteiger partial charge is 0.372 e. The second kappa shape index (κ2) is 28.3. The molecule has 1 fully saturated rings. The van der Waals surface area contributed by atoms with Crippen LogP contribution >= 0.6 is 11.6 Å². The molecule has 0 N–H and O–H groups in total. The molecule has 0 amide bonds. The van der Waals surface area contributed by atoms with Crippen LogP contribution in [0.5, 0.6) is 0 Å². The molecular weight excluding hydrogens is 550 g/mol. The maximum Gasteiger partial charge on any atom is 0.240 e. The van der Waals surface area contributed by atoms with E-state index < -0.39 is 0 Å². The molecule has 0 saturated carbocycles. The minimum absolute atomic E-state index is 0.296. The van der Waals surface area contributed by atoms with Crippen molar-refractivity contribution in [3.8, 4) is 12.3 Å². The normalized spacial score (nSPS) is 14.2. The van der Waals surface area contributed by atoms with Crippen LogP contribution in [0, 0.1) is 18.3 Å². The van der Waals surface area contributed by atoms with Crippen LogP contribution in [0.4, 0.5) is 5.69 Å². The number of para-hydroxylation sites is 1. The third-order valence-electron chi connectivity index (χ3n) is 5.87. The number of hydrogen-bond acceptors (Lipinski definition) is 3. The molecule has 5 nitrogen and oxygen atoms in total. The number of allylic oxidation sites excluding steroid dienone is 6. The highest BCUT2D eigenvalue weighted by atomic mass is 35.5. The lowest BCUT2D eigenvalue weighted by Crippen LogP contribution is -2.36. The second-order valence-corrected chi connectivity index (χ2v) is 9.44. The molecule has 1 atom stereocenters. The van der Waals surface area contributed by atoms with Crippen LogP contribution in [0.15, 0.2) is 125 Å². The van der Waals surface area contributed by atoms with Gasteiger partial charge in [0, 0.05) is 51.7 Å². The number of benzene rings is 2. The van der Waals surface area contributed by atoms with Crippen molar-refractivity contribution in [2.45, 2.75) is 46.5 Å². The van der Waals surface area contributed by atoms with Gasteiger partial charge in [0.2, 0.25) is 5.96 Å². The monoisotopic (exact) mass is 601 g/mol. The van der Waals surface area contributed by atoms with Crippen LogP contribution in [0.3, 0.4) is 0 Å². The standard InChI is InChI=1S/C18H25ClN4.C11H15N.C6H6.C2H6/c1-6-11-17(12-8-9-14-19)13-10-16-23(22(4)5)18(20-3)21-15-7-2;1-3-7-11(8-4-1)12-9-5-2-6-10-12;1-2-4-6-5-3-1;1-2/h2,6,8-12,14-17H,13H2,1,3-5H3;1,3-4,7-8H,2,5-6,9-10H2;1-6H;1-2H3/b11-6-,12-8?,14-9+,16-10-,20-18?,21-15-;;;. The van der Waals surface area contributed by atoms with Crippen molar-refractivity contribution in [2.24, 2.45) is 15.9 Å². The predicted molar refractivity (Wildman–Crippen MR) is 193 cm³/mol. The van der Waals surface area contributed by atoms with Crippen LogP contribution in [-0.2, 0) is 0 Å². The number of piperidine rings is 1. The molecule has 1 saturated heterocycles. The Kier molecular flexibility index (Phi) is 25.7. The number of guanidine groups is 1. The van der Waals surface area contributed by atoms with Crippen LogP contribution in [0.1, 0.15) is 46.5 Å². The van der Waals surface area contributed by atoms with E-state index in [1.54, 1.807) is 13.1 Å². The van der Waals surface area contributed by atoms with Crippen LogP contribution in [-0.4, -0.2) is 56.4 Å². The van der Waals surface area contributed by atoms with Gasteiger partial charge in [0.05, 0.1) is 6.21 Å². The summed E-state index contributed by atoms with van der Waals surface area (Å²) in [5.74, 6) is 3.19. The van der Waals surface area contributed by atoms with Gasteiger partial charge < -0.3 is 4.90 Å². The summed E-state index contributed by atoms with van der Waals surface area (Å²) in [6.07, 6.45) is 25.5. The lowest BCUT2D eigenvalue weighted by atomic mass is 10.0. The van der Waals surface area contributed by atoms with Gasteiger partial charge in [0.25, 0.3) is 0 Å². The fraction of sp³-hybridized carbons (Fsp3) is 0.351. The average molecular weight is 602 g/mol. The average Bonchev–Trinajstić information content (AvgIpc) is 3.07. The first kappa shape index (κ1) is 39.1. The topological polar surface area (TPSA) is 34.4 Å². The zero-order valence-electron chi connectivity index (χ0n) is 27.1. The number of aliphatic imine (C=N–C) groups is 2. The van der Waals surface area contributed by atoms with E-state index in [1.165, 1.54) is 49.8 Å². The molecule has 2 aromatic carbocycles. The van der Waals surface area contributed by atoms with E-state index >= 15 is 0 Å². The summed E-state index contributed by atoms with van der Waals surface area (Å²) in [7, 11) is 5.50. The van der Waals surface area contributed by atoms with Gasteiger partial charge in [-0.3, -0.25) is 4.99 Å². The Morgan fingerprint density at radius 1 is 0.953 bits per heavy atom. The molecule has 1 aliphatic rings.